The second-order valence-corrected chi connectivity index (χ2v) is 7.56. The lowest BCUT2D eigenvalue weighted by Gasteiger charge is -2.11. The van der Waals surface area contributed by atoms with Crippen molar-refractivity contribution in [2.24, 2.45) is 11.8 Å². The van der Waals surface area contributed by atoms with Crippen LogP contribution in [-0.4, -0.2) is 26.5 Å². The number of hydrogen-bond donors (Lipinski definition) is 2. The Morgan fingerprint density at radius 1 is 1.38 bits per heavy atom. The summed E-state index contributed by atoms with van der Waals surface area (Å²) in [5.41, 5.74) is 0.994. The van der Waals surface area contributed by atoms with Crippen LogP contribution in [-0.2, 0) is 16.6 Å². The molecular weight excluding hydrogens is 286 g/mol. The summed E-state index contributed by atoms with van der Waals surface area (Å²) in [6, 6.07) is 3.39. The minimum Gasteiger partial charge on any atom is -0.313 e. The summed E-state index contributed by atoms with van der Waals surface area (Å²) >= 11 is 0. The van der Waals surface area contributed by atoms with E-state index >= 15 is 0 Å². The first-order valence-corrected chi connectivity index (χ1v) is 9.16. The van der Waals surface area contributed by atoms with Gasteiger partial charge < -0.3 is 5.32 Å². The molecule has 0 aliphatic heterocycles. The van der Waals surface area contributed by atoms with E-state index in [9.17, 15) is 8.42 Å². The zero-order valence-electron chi connectivity index (χ0n) is 12.8. The van der Waals surface area contributed by atoms with Crippen molar-refractivity contribution in [3.05, 3.63) is 23.9 Å². The van der Waals surface area contributed by atoms with Gasteiger partial charge in [0, 0.05) is 19.3 Å². The van der Waals surface area contributed by atoms with E-state index in [2.05, 4.69) is 28.9 Å². The van der Waals surface area contributed by atoms with Gasteiger partial charge in [0.1, 0.15) is 0 Å². The van der Waals surface area contributed by atoms with E-state index in [1.54, 1.807) is 12.3 Å². The molecule has 1 heterocycles. The summed E-state index contributed by atoms with van der Waals surface area (Å²) in [5, 5.41) is 3.37. The number of nitrogens with one attached hydrogen (secondary N) is 2. The topological polar surface area (TPSA) is 71.1 Å². The third kappa shape index (κ3) is 5.05. The van der Waals surface area contributed by atoms with Gasteiger partial charge in [-0.15, -0.1) is 0 Å². The lowest BCUT2D eigenvalue weighted by atomic mass is 10.1. The minimum absolute atomic E-state index is 0.102. The van der Waals surface area contributed by atoms with Crippen molar-refractivity contribution >= 4 is 10.0 Å². The Balaban J connectivity index is 1.89. The lowest BCUT2D eigenvalue weighted by Crippen LogP contribution is -2.29. The number of sulfonamides is 1. The van der Waals surface area contributed by atoms with Crippen LogP contribution in [0.15, 0.2) is 23.4 Å². The molecule has 0 radical (unpaired) electrons. The Kier molecular flexibility index (Phi) is 5.72. The summed E-state index contributed by atoms with van der Waals surface area (Å²) in [5.74, 6) is 1.09. The molecule has 2 N–H and O–H groups in total. The first kappa shape index (κ1) is 16.4. The van der Waals surface area contributed by atoms with Gasteiger partial charge in [-0.25, -0.2) is 18.1 Å². The molecular formula is C15H25N3O2S. The van der Waals surface area contributed by atoms with Gasteiger partial charge in [0.15, 0.2) is 5.03 Å². The van der Waals surface area contributed by atoms with Gasteiger partial charge in [0.25, 0.3) is 10.0 Å². The highest BCUT2D eigenvalue weighted by Gasteiger charge is 2.29. The maximum atomic E-state index is 12.2. The smallest absolute Gasteiger partial charge is 0.258 e. The highest BCUT2D eigenvalue weighted by Crippen LogP contribution is 2.36. The molecule has 0 bridgehead atoms. The molecule has 0 amide bonds. The Morgan fingerprint density at radius 2 is 2.14 bits per heavy atom. The Morgan fingerprint density at radius 3 is 2.71 bits per heavy atom. The molecule has 1 aliphatic rings. The van der Waals surface area contributed by atoms with E-state index < -0.39 is 10.0 Å². The average molecular weight is 311 g/mol. The fourth-order valence-corrected chi connectivity index (χ4v) is 3.30. The van der Waals surface area contributed by atoms with E-state index in [-0.39, 0.29) is 5.03 Å². The van der Waals surface area contributed by atoms with Crippen LogP contribution in [0.25, 0.3) is 0 Å². The summed E-state index contributed by atoms with van der Waals surface area (Å²) in [6.45, 7) is 6.35. The van der Waals surface area contributed by atoms with Crippen molar-refractivity contribution < 1.29 is 8.42 Å². The molecule has 5 nitrogen and oxygen atoms in total. The van der Waals surface area contributed by atoms with Gasteiger partial charge in [-0.2, -0.15) is 0 Å². The zero-order chi connectivity index (χ0) is 15.3. The van der Waals surface area contributed by atoms with E-state index in [0.717, 1.165) is 18.5 Å². The van der Waals surface area contributed by atoms with Gasteiger partial charge in [-0.05, 0) is 49.3 Å². The molecule has 2 rings (SSSR count). The molecule has 1 fully saturated rings. The molecule has 1 saturated carbocycles. The summed E-state index contributed by atoms with van der Waals surface area (Å²) < 4.78 is 27.0. The van der Waals surface area contributed by atoms with Crippen molar-refractivity contribution in [1.29, 1.82) is 0 Å². The molecule has 1 aromatic rings. The van der Waals surface area contributed by atoms with Crippen molar-refractivity contribution in [2.45, 2.75) is 44.7 Å². The fourth-order valence-electron chi connectivity index (χ4n) is 2.23. The summed E-state index contributed by atoms with van der Waals surface area (Å²) in [6.07, 6.45) is 5.14. The molecule has 0 spiro atoms. The molecule has 0 saturated heterocycles. The Bertz CT molecular complexity index is 539. The Hall–Kier alpha value is -0.980. The van der Waals surface area contributed by atoms with Crippen molar-refractivity contribution in [3.8, 4) is 0 Å². The van der Waals surface area contributed by atoms with E-state index in [1.807, 2.05) is 6.07 Å². The third-order valence-electron chi connectivity index (χ3n) is 3.85. The summed E-state index contributed by atoms with van der Waals surface area (Å²) in [7, 11) is -3.48. The lowest BCUT2D eigenvalue weighted by molar-refractivity contribution is 0.491. The maximum absolute atomic E-state index is 12.2. The van der Waals surface area contributed by atoms with Gasteiger partial charge >= 0.3 is 0 Å². The van der Waals surface area contributed by atoms with Crippen LogP contribution < -0.4 is 10.0 Å². The van der Waals surface area contributed by atoms with E-state index in [4.69, 9.17) is 0 Å². The van der Waals surface area contributed by atoms with Gasteiger partial charge in [-0.1, -0.05) is 19.9 Å². The predicted molar refractivity (Wildman–Crippen MR) is 83.3 cm³/mol. The second-order valence-electron chi connectivity index (χ2n) is 5.85. The van der Waals surface area contributed by atoms with Gasteiger partial charge in [-0.3, -0.25) is 0 Å². The molecule has 118 valence electrons. The van der Waals surface area contributed by atoms with Crippen LogP contribution in [0.5, 0.6) is 0 Å². The monoisotopic (exact) mass is 311 g/mol. The van der Waals surface area contributed by atoms with E-state index in [1.165, 1.54) is 12.8 Å². The molecule has 6 heteroatoms. The molecule has 1 atom stereocenters. The SMILES string of the molecule is CCCNCc1ccc(S(=O)(=O)NCC(C)C2CC2)nc1. The molecule has 0 aromatic carbocycles. The standard InChI is InChI=1S/C15H25N3O2S/c1-3-8-16-10-13-4-7-15(17-11-13)21(19,20)18-9-12(2)14-5-6-14/h4,7,11-12,14,16,18H,3,5-6,8-10H2,1-2H3. The van der Waals surface area contributed by atoms with Crippen LogP contribution in [0.4, 0.5) is 0 Å². The first-order chi connectivity index (χ1) is 10.0. The van der Waals surface area contributed by atoms with Crippen LogP contribution in [0.2, 0.25) is 0 Å². The van der Waals surface area contributed by atoms with Crippen LogP contribution in [0, 0.1) is 11.8 Å². The number of aromatic nitrogens is 1. The highest BCUT2D eigenvalue weighted by molar-refractivity contribution is 7.89. The first-order valence-electron chi connectivity index (χ1n) is 7.68. The largest absolute Gasteiger partial charge is 0.313 e. The summed E-state index contributed by atoms with van der Waals surface area (Å²) in [4.78, 5) is 4.08. The van der Waals surface area contributed by atoms with Crippen LogP contribution in [0.3, 0.4) is 0 Å². The number of nitrogens with zero attached hydrogens (tertiary/aromatic N) is 1. The second kappa shape index (κ2) is 7.33. The predicted octanol–water partition coefficient (Wildman–Crippen LogP) is 1.91. The number of hydrogen-bond acceptors (Lipinski definition) is 4. The maximum Gasteiger partial charge on any atom is 0.258 e. The number of rotatable bonds is 9. The van der Waals surface area contributed by atoms with Crippen LogP contribution >= 0.6 is 0 Å². The number of pyridine rings is 1. The highest BCUT2D eigenvalue weighted by atomic mass is 32.2. The quantitative estimate of drug-likeness (QED) is 0.683. The minimum atomic E-state index is -3.48. The van der Waals surface area contributed by atoms with Gasteiger partial charge in [0.2, 0.25) is 0 Å². The Labute approximate surface area is 127 Å². The van der Waals surface area contributed by atoms with E-state index in [0.29, 0.717) is 24.9 Å². The van der Waals surface area contributed by atoms with Gasteiger partial charge in [0.05, 0.1) is 0 Å². The molecule has 1 aromatic heterocycles. The fraction of sp³-hybridized carbons (Fsp3) is 0.667. The molecule has 21 heavy (non-hydrogen) atoms. The zero-order valence-corrected chi connectivity index (χ0v) is 13.6. The average Bonchev–Trinajstić information content (AvgIpc) is 3.30. The third-order valence-corrected chi connectivity index (χ3v) is 5.19. The van der Waals surface area contributed by atoms with Crippen molar-refractivity contribution in [3.63, 3.8) is 0 Å². The van der Waals surface area contributed by atoms with Crippen molar-refractivity contribution in [2.75, 3.05) is 13.1 Å². The van der Waals surface area contributed by atoms with Crippen molar-refractivity contribution in [1.82, 2.24) is 15.0 Å². The molecule has 1 aliphatic carbocycles. The normalized spacial score (nSPS) is 16.9. The van der Waals surface area contributed by atoms with Crippen LogP contribution in [0.1, 0.15) is 38.7 Å². The molecule has 1 unspecified atom stereocenters.